The van der Waals surface area contributed by atoms with Gasteiger partial charge >= 0.3 is 5.97 Å². The molecule has 1 saturated carbocycles. The van der Waals surface area contributed by atoms with Crippen molar-refractivity contribution in [1.82, 2.24) is 5.32 Å². The van der Waals surface area contributed by atoms with Crippen molar-refractivity contribution < 1.29 is 14.6 Å². The monoisotopic (exact) mass is 263 g/mol. The Labute approximate surface area is 113 Å². The van der Waals surface area contributed by atoms with Crippen LogP contribution in [0.25, 0.3) is 0 Å². The molecule has 1 fully saturated rings. The Balaban J connectivity index is 2.03. The number of para-hydroxylation sites is 1. The third kappa shape index (κ3) is 3.47. The van der Waals surface area contributed by atoms with Crippen LogP contribution in [0.1, 0.15) is 32.3 Å². The zero-order valence-corrected chi connectivity index (χ0v) is 11.5. The topological polar surface area (TPSA) is 58.6 Å². The standard InChI is InChI=1S/C15H21NO3/c1-3-11-6-4-5-7-13(11)19-10-15(2,14(17)18)16-12-8-9-12/h4-7,12,16H,3,8-10H2,1-2H3,(H,17,18). The molecule has 4 nitrogen and oxygen atoms in total. The zero-order chi connectivity index (χ0) is 13.9. The molecule has 0 aliphatic heterocycles. The first-order valence-corrected chi connectivity index (χ1v) is 6.77. The second-order valence-corrected chi connectivity index (χ2v) is 5.31. The Morgan fingerprint density at radius 1 is 1.47 bits per heavy atom. The van der Waals surface area contributed by atoms with Crippen molar-refractivity contribution in [3.8, 4) is 5.75 Å². The normalized spacial score (nSPS) is 17.8. The second kappa shape index (κ2) is 5.61. The van der Waals surface area contributed by atoms with Gasteiger partial charge in [0.15, 0.2) is 0 Å². The minimum Gasteiger partial charge on any atom is -0.491 e. The summed E-state index contributed by atoms with van der Waals surface area (Å²) in [5.41, 5.74) is 0.0730. The first kappa shape index (κ1) is 13.9. The molecule has 0 aromatic heterocycles. The molecule has 0 bridgehead atoms. The quantitative estimate of drug-likeness (QED) is 0.792. The maximum Gasteiger partial charge on any atom is 0.327 e. The van der Waals surface area contributed by atoms with Gasteiger partial charge in [-0.3, -0.25) is 10.1 Å². The molecule has 1 aliphatic carbocycles. The van der Waals surface area contributed by atoms with Crippen molar-refractivity contribution in [2.75, 3.05) is 6.61 Å². The van der Waals surface area contributed by atoms with E-state index in [-0.39, 0.29) is 6.61 Å². The number of carbonyl (C=O) groups is 1. The Morgan fingerprint density at radius 2 is 2.16 bits per heavy atom. The highest BCUT2D eigenvalue weighted by Crippen LogP contribution is 2.24. The van der Waals surface area contributed by atoms with Crippen molar-refractivity contribution in [2.45, 2.75) is 44.7 Å². The fraction of sp³-hybridized carbons (Fsp3) is 0.533. The molecule has 0 radical (unpaired) electrons. The summed E-state index contributed by atoms with van der Waals surface area (Å²) in [5.74, 6) is -0.0940. The van der Waals surface area contributed by atoms with Crippen LogP contribution in [0.2, 0.25) is 0 Å². The van der Waals surface area contributed by atoms with Crippen molar-refractivity contribution in [3.63, 3.8) is 0 Å². The highest BCUT2D eigenvalue weighted by Gasteiger charge is 2.39. The van der Waals surface area contributed by atoms with Crippen LogP contribution in [-0.4, -0.2) is 29.3 Å². The number of rotatable bonds is 7. The van der Waals surface area contributed by atoms with E-state index in [1.807, 2.05) is 24.3 Å². The Bertz CT molecular complexity index is 456. The van der Waals surface area contributed by atoms with Gasteiger partial charge in [-0.15, -0.1) is 0 Å². The predicted octanol–water partition coefficient (Wildman–Crippen LogP) is 2.22. The van der Waals surface area contributed by atoms with Crippen molar-refractivity contribution in [1.29, 1.82) is 0 Å². The molecular weight excluding hydrogens is 242 g/mol. The summed E-state index contributed by atoms with van der Waals surface area (Å²) >= 11 is 0. The first-order valence-electron chi connectivity index (χ1n) is 6.77. The highest BCUT2D eigenvalue weighted by atomic mass is 16.5. The van der Waals surface area contributed by atoms with Gasteiger partial charge < -0.3 is 9.84 Å². The number of hydrogen-bond donors (Lipinski definition) is 2. The molecule has 1 atom stereocenters. The maximum absolute atomic E-state index is 11.4. The first-order chi connectivity index (χ1) is 9.05. The Hall–Kier alpha value is -1.55. The van der Waals surface area contributed by atoms with E-state index in [0.717, 1.165) is 30.6 Å². The third-order valence-electron chi connectivity index (χ3n) is 3.44. The van der Waals surface area contributed by atoms with Crippen LogP contribution in [0, 0.1) is 0 Å². The zero-order valence-electron chi connectivity index (χ0n) is 11.5. The molecule has 0 heterocycles. The van der Waals surface area contributed by atoms with E-state index in [9.17, 15) is 9.90 Å². The summed E-state index contributed by atoms with van der Waals surface area (Å²) < 4.78 is 5.74. The van der Waals surface area contributed by atoms with E-state index in [4.69, 9.17) is 4.74 Å². The van der Waals surface area contributed by atoms with Gasteiger partial charge in [-0.05, 0) is 37.8 Å². The highest BCUT2D eigenvalue weighted by molar-refractivity contribution is 5.78. The van der Waals surface area contributed by atoms with E-state index < -0.39 is 11.5 Å². The van der Waals surface area contributed by atoms with Crippen LogP contribution >= 0.6 is 0 Å². The number of benzene rings is 1. The van der Waals surface area contributed by atoms with Crippen molar-refractivity contribution in [3.05, 3.63) is 29.8 Å². The lowest BCUT2D eigenvalue weighted by Gasteiger charge is -2.26. The van der Waals surface area contributed by atoms with Gasteiger partial charge in [0.05, 0.1) is 0 Å². The number of carboxylic acid groups (broad SMARTS) is 1. The SMILES string of the molecule is CCc1ccccc1OCC(C)(NC1CC1)C(=O)O. The van der Waals surface area contributed by atoms with Crippen molar-refractivity contribution >= 4 is 5.97 Å². The summed E-state index contributed by atoms with van der Waals surface area (Å²) in [6.07, 6.45) is 2.97. The van der Waals surface area contributed by atoms with E-state index in [2.05, 4.69) is 12.2 Å². The number of ether oxygens (including phenoxy) is 1. The molecule has 1 aromatic rings. The molecule has 0 saturated heterocycles. The van der Waals surface area contributed by atoms with Crippen molar-refractivity contribution in [2.24, 2.45) is 0 Å². The van der Waals surface area contributed by atoms with Crippen LogP contribution in [0.4, 0.5) is 0 Å². The average Bonchev–Trinajstić information content (AvgIpc) is 3.20. The molecule has 0 amide bonds. The van der Waals surface area contributed by atoms with Gasteiger partial charge in [-0.2, -0.15) is 0 Å². The Morgan fingerprint density at radius 3 is 2.74 bits per heavy atom. The molecular formula is C15H21NO3. The number of aliphatic carboxylic acids is 1. The second-order valence-electron chi connectivity index (χ2n) is 5.31. The van der Waals surface area contributed by atoms with E-state index in [1.54, 1.807) is 6.92 Å². The molecule has 1 unspecified atom stereocenters. The number of aryl methyl sites for hydroxylation is 1. The van der Waals surface area contributed by atoms with E-state index in [0.29, 0.717) is 6.04 Å². The third-order valence-corrected chi connectivity index (χ3v) is 3.44. The Kier molecular flexibility index (Phi) is 4.10. The summed E-state index contributed by atoms with van der Waals surface area (Å²) in [4.78, 5) is 11.4. The summed E-state index contributed by atoms with van der Waals surface area (Å²) in [6, 6.07) is 8.08. The number of hydrogen-bond acceptors (Lipinski definition) is 3. The van der Waals surface area contributed by atoms with Gasteiger partial charge in [-0.1, -0.05) is 25.1 Å². The molecule has 4 heteroatoms. The van der Waals surface area contributed by atoms with Crippen LogP contribution < -0.4 is 10.1 Å². The van der Waals surface area contributed by atoms with Gasteiger partial charge in [0.1, 0.15) is 17.9 Å². The van der Waals surface area contributed by atoms with Gasteiger partial charge in [-0.25, -0.2) is 0 Å². The van der Waals surface area contributed by atoms with E-state index >= 15 is 0 Å². The fourth-order valence-electron chi connectivity index (χ4n) is 2.00. The van der Waals surface area contributed by atoms with Gasteiger partial charge in [0.25, 0.3) is 0 Å². The van der Waals surface area contributed by atoms with Crippen LogP contribution in [0.5, 0.6) is 5.75 Å². The molecule has 104 valence electrons. The minimum absolute atomic E-state index is 0.135. The van der Waals surface area contributed by atoms with Gasteiger partial charge in [0.2, 0.25) is 0 Å². The van der Waals surface area contributed by atoms with E-state index in [1.165, 1.54) is 0 Å². The van der Waals surface area contributed by atoms with Crippen LogP contribution in [0.15, 0.2) is 24.3 Å². The number of carboxylic acids is 1. The lowest BCUT2D eigenvalue weighted by molar-refractivity contribution is -0.145. The predicted molar refractivity (Wildman–Crippen MR) is 73.5 cm³/mol. The minimum atomic E-state index is -1.03. The van der Waals surface area contributed by atoms with Crippen LogP contribution in [-0.2, 0) is 11.2 Å². The smallest absolute Gasteiger partial charge is 0.327 e. The molecule has 1 aliphatic rings. The molecule has 19 heavy (non-hydrogen) atoms. The largest absolute Gasteiger partial charge is 0.491 e. The summed E-state index contributed by atoms with van der Waals surface area (Å²) in [6.45, 7) is 3.87. The summed E-state index contributed by atoms with van der Waals surface area (Å²) in [5, 5.41) is 12.5. The molecule has 2 N–H and O–H groups in total. The summed E-state index contributed by atoms with van der Waals surface area (Å²) in [7, 11) is 0. The molecule has 1 aromatic carbocycles. The lowest BCUT2D eigenvalue weighted by atomic mass is 10.0. The molecule has 0 spiro atoms. The number of nitrogens with one attached hydrogen (secondary N) is 1. The van der Waals surface area contributed by atoms with Crippen LogP contribution in [0.3, 0.4) is 0 Å². The molecule has 2 rings (SSSR count). The lowest BCUT2D eigenvalue weighted by Crippen LogP contribution is -2.54. The van der Waals surface area contributed by atoms with Gasteiger partial charge in [0, 0.05) is 6.04 Å². The fourth-order valence-corrected chi connectivity index (χ4v) is 2.00. The average molecular weight is 263 g/mol. The maximum atomic E-state index is 11.4.